The van der Waals surface area contributed by atoms with Crippen LogP contribution in [0.3, 0.4) is 0 Å². The molecule has 0 aliphatic carbocycles. The number of benzene rings is 3. The summed E-state index contributed by atoms with van der Waals surface area (Å²) < 4.78 is 0. The Hall–Kier alpha value is -3.96. The minimum absolute atomic E-state index is 0.318. The Balaban J connectivity index is 1.41. The Labute approximate surface area is 235 Å². The number of amides is 3. The summed E-state index contributed by atoms with van der Waals surface area (Å²) in [6.45, 7) is 1.35. The molecule has 4 aromatic rings. The molecule has 3 amide bonds. The van der Waals surface area contributed by atoms with E-state index in [1.54, 1.807) is 42.3 Å². The zero-order valence-corrected chi connectivity index (χ0v) is 22.5. The van der Waals surface area contributed by atoms with Gasteiger partial charge >= 0.3 is 6.03 Å². The molecule has 2 unspecified atom stereocenters. The minimum atomic E-state index is -1.17. The monoisotopic (exact) mass is 555 g/mol. The van der Waals surface area contributed by atoms with E-state index in [0.717, 1.165) is 22.2 Å². The maximum absolute atomic E-state index is 14.3. The first-order valence-electron chi connectivity index (χ1n) is 12.5. The van der Waals surface area contributed by atoms with Crippen molar-refractivity contribution in [1.82, 2.24) is 14.8 Å². The number of rotatable bonds is 4. The molecule has 0 radical (unpaired) electrons. The van der Waals surface area contributed by atoms with Gasteiger partial charge in [-0.2, -0.15) is 5.26 Å². The molecule has 194 valence electrons. The number of aromatic nitrogens is 1. The first-order valence-corrected chi connectivity index (χ1v) is 13.2. The summed E-state index contributed by atoms with van der Waals surface area (Å²) in [5, 5.41) is 11.0. The average molecular weight is 556 g/mol. The van der Waals surface area contributed by atoms with Crippen molar-refractivity contribution < 1.29 is 9.59 Å². The number of nitrogens with zero attached hydrogens (tertiary/aromatic N) is 5. The molecule has 2 fully saturated rings. The van der Waals surface area contributed by atoms with Crippen molar-refractivity contribution >= 4 is 51.7 Å². The molecule has 1 aromatic heterocycles. The van der Waals surface area contributed by atoms with E-state index in [4.69, 9.17) is 28.2 Å². The lowest BCUT2D eigenvalue weighted by molar-refractivity contribution is -0.124. The van der Waals surface area contributed by atoms with E-state index in [-0.39, 0.29) is 11.8 Å². The lowest BCUT2D eigenvalue weighted by Crippen LogP contribution is -2.53. The van der Waals surface area contributed by atoms with E-state index in [1.807, 2.05) is 48.5 Å². The van der Waals surface area contributed by atoms with E-state index in [2.05, 4.69) is 11.0 Å². The summed E-state index contributed by atoms with van der Waals surface area (Å²) in [7, 11) is 1.67. The summed E-state index contributed by atoms with van der Waals surface area (Å²) in [4.78, 5) is 37.7. The number of urea groups is 1. The molecule has 3 aromatic carbocycles. The van der Waals surface area contributed by atoms with Crippen LogP contribution in [-0.4, -0.2) is 52.4 Å². The highest BCUT2D eigenvalue weighted by Gasteiger charge is 2.64. The first kappa shape index (κ1) is 25.3. The van der Waals surface area contributed by atoms with Crippen LogP contribution in [0.1, 0.15) is 22.7 Å². The van der Waals surface area contributed by atoms with Crippen molar-refractivity contribution in [3.05, 3.63) is 106 Å². The van der Waals surface area contributed by atoms with Gasteiger partial charge in [-0.3, -0.25) is 14.7 Å². The molecule has 1 spiro atoms. The first-order chi connectivity index (χ1) is 18.8. The van der Waals surface area contributed by atoms with Gasteiger partial charge in [0.15, 0.2) is 0 Å². The lowest BCUT2D eigenvalue weighted by Gasteiger charge is -2.34. The average Bonchev–Trinajstić information content (AvgIpc) is 3.39. The fourth-order valence-corrected chi connectivity index (χ4v) is 6.35. The number of para-hydroxylation sites is 1. The minimum Gasteiger partial charge on any atom is -0.310 e. The van der Waals surface area contributed by atoms with Crippen LogP contribution in [0.25, 0.3) is 10.9 Å². The summed E-state index contributed by atoms with van der Waals surface area (Å²) in [5.74, 6) is -0.677. The van der Waals surface area contributed by atoms with Gasteiger partial charge in [-0.15, -0.1) is 0 Å². The van der Waals surface area contributed by atoms with Crippen molar-refractivity contribution in [1.29, 1.82) is 5.26 Å². The number of hydrogen-bond acceptors (Lipinski definition) is 5. The Morgan fingerprint density at radius 1 is 1.00 bits per heavy atom. The molecule has 0 N–H and O–H groups in total. The summed E-state index contributed by atoms with van der Waals surface area (Å²) in [6, 6.07) is 25.6. The number of likely N-dealkylation sites (tertiary alicyclic amines) is 1. The lowest BCUT2D eigenvalue weighted by atomic mass is 9.80. The quantitative estimate of drug-likeness (QED) is 0.295. The second-order valence-corrected chi connectivity index (χ2v) is 10.9. The van der Waals surface area contributed by atoms with Crippen molar-refractivity contribution in [3.8, 4) is 6.07 Å². The number of anilines is 1. The molecule has 2 saturated heterocycles. The zero-order valence-electron chi connectivity index (χ0n) is 21.0. The molecule has 6 rings (SSSR count). The molecule has 0 bridgehead atoms. The largest absolute Gasteiger partial charge is 0.332 e. The van der Waals surface area contributed by atoms with Gasteiger partial charge in [0, 0.05) is 48.0 Å². The number of imide groups is 1. The van der Waals surface area contributed by atoms with Crippen molar-refractivity contribution in [2.24, 2.45) is 0 Å². The molecule has 2 atom stereocenters. The van der Waals surface area contributed by atoms with Crippen LogP contribution in [-0.2, 0) is 11.3 Å². The van der Waals surface area contributed by atoms with E-state index >= 15 is 0 Å². The van der Waals surface area contributed by atoms with Crippen molar-refractivity contribution in [2.75, 3.05) is 25.0 Å². The number of likely N-dealkylation sites (N-methyl/N-ethyl adjacent to an activating group) is 1. The maximum Gasteiger partial charge on any atom is 0.332 e. The van der Waals surface area contributed by atoms with E-state index < -0.39 is 11.6 Å². The fraction of sp³-hybridized carbons (Fsp3) is 0.200. The molecular formula is C30H23Cl2N5O2. The molecule has 9 heteroatoms. The van der Waals surface area contributed by atoms with Gasteiger partial charge in [0.05, 0.1) is 28.5 Å². The third-order valence-electron chi connectivity index (χ3n) is 7.72. The standard InChI is InChI=1S/C30H23Cl2N5O2/c1-35-29(39)37(25-13-22(31)12-23(32)14-25)28(38)30(35)18-36(17-26(30)20-8-6-19(15-33)7-9-20)16-24-11-10-21-4-2-3-5-27(21)34-24/h2-14,26H,16-18H2,1H3. The highest BCUT2D eigenvalue weighted by atomic mass is 35.5. The van der Waals surface area contributed by atoms with Gasteiger partial charge in [-0.25, -0.2) is 9.69 Å². The zero-order chi connectivity index (χ0) is 27.3. The summed E-state index contributed by atoms with van der Waals surface area (Å²) in [6.07, 6.45) is 0. The number of fused-ring (bicyclic) bond motifs is 1. The molecule has 3 heterocycles. The number of hydrogen-bond donors (Lipinski definition) is 0. The highest BCUT2D eigenvalue weighted by Crippen LogP contribution is 2.47. The molecule has 2 aliphatic heterocycles. The maximum atomic E-state index is 14.3. The van der Waals surface area contributed by atoms with Gasteiger partial charge in [0.1, 0.15) is 5.54 Å². The fourth-order valence-electron chi connectivity index (χ4n) is 5.84. The van der Waals surface area contributed by atoms with Gasteiger partial charge < -0.3 is 4.90 Å². The summed E-state index contributed by atoms with van der Waals surface area (Å²) in [5.41, 5.74) is 2.35. The molecule has 0 saturated carbocycles. The Bertz CT molecular complexity index is 1650. The Kier molecular flexibility index (Phi) is 6.27. The van der Waals surface area contributed by atoms with Crippen LogP contribution in [0, 0.1) is 11.3 Å². The molecule has 39 heavy (non-hydrogen) atoms. The van der Waals surface area contributed by atoms with Crippen LogP contribution >= 0.6 is 23.2 Å². The molecule has 7 nitrogen and oxygen atoms in total. The normalized spacial score (nSPS) is 21.3. The number of halogens is 2. The van der Waals surface area contributed by atoms with Crippen LogP contribution in [0.4, 0.5) is 10.5 Å². The number of pyridine rings is 1. The van der Waals surface area contributed by atoms with Gasteiger partial charge in [0.2, 0.25) is 0 Å². The topological polar surface area (TPSA) is 80.5 Å². The van der Waals surface area contributed by atoms with Gasteiger partial charge in [-0.1, -0.05) is 59.6 Å². The van der Waals surface area contributed by atoms with Crippen molar-refractivity contribution in [2.45, 2.75) is 18.0 Å². The van der Waals surface area contributed by atoms with E-state index in [0.29, 0.717) is 40.9 Å². The predicted octanol–water partition coefficient (Wildman–Crippen LogP) is 5.85. The van der Waals surface area contributed by atoms with Crippen LogP contribution in [0.5, 0.6) is 0 Å². The van der Waals surface area contributed by atoms with Gasteiger partial charge in [0.25, 0.3) is 5.91 Å². The van der Waals surface area contributed by atoms with Crippen molar-refractivity contribution in [3.63, 3.8) is 0 Å². The molecular weight excluding hydrogens is 533 g/mol. The van der Waals surface area contributed by atoms with E-state index in [9.17, 15) is 14.9 Å². The summed E-state index contributed by atoms with van der Waals surface area (Å²) >= 11 is 12.5. The molecule has 2 aliphatic rings. The van der Waals surface area contributed by atoms with Crippen LogP contribution in [0.2, 0.25) is 10.0 Å². The third-order valence-corrected chi connectivity index (χ3v) is 8.16. The SMILES string of the molecule is CN1C(=O)N(c2cc(Cl)cc(Cl)c2)C(=O)C12CN(Cc1ccc3ccccc3n1)CC2c1ccc(C#N)cc1. The van der Waals surface area contributed by atoms with E-state index in [1.165, 1.54) is 4.90 Å². The Morgan fingerprint density at radius 3 is 2.44 bits per heavy atom. The second-order valence-electron chi connectivity index (χ2n) is 9.99. The highest BCUT2D eigenvalue weighted by molar-refractivity contribution is 6.35. The Morgan fingerprint density at radius 2 is 1.72 bits per heavy atom. The number of nitriles is 1. The van der Waals surface area contributed by atoms with Crippen LogP contribution in [0.15, 0.2) is 78.9 Å². The third kappa shape index (κ3) is 4.22. The smallest absolute Gasteiger partial charge is 0.310 e. The second kappa shape index (κ2) is 9.65. The van der Waals surface area contributed by atoms with Gasteiger partial charge in [-0.05, 0) is 48.0 Å². The number of carbonyl (C=O) groups excluding carboxylic acids is 2. The number of carbonyl (C=O) groups is 2. The van der Waals surface area contributed by atoms with Crippen LogP contribution < -0.4 is 4.90 Å². The predicted molar refractivity (Wildman–Crippen MR) is 151 cm³/mol.